The molecular formula is C7H13FN4. The van der Waals surface area contributed by atoms with Crippen LogP contribution in [0.1, 0.15) is 6.42 Å². The van der Waals surface area contributed by atoms with Gasteiger partial charge >= 0.3 is 0 Å². The molecule has 68 valence electrons. The van der Waals surface area contributed by atoms with Crippen molar-refractivity contribution in [2.75, 3.05) is 24.3 Å². The Labute approximate surface area is 70.6 Å². The molecule has 12 heavy (non-hydrogen) atoms. The van der Waals surface area contributed by atoms with Crippen LogP contribution in [0, 0.1) is 0 Å². The second-order valence-corrected chi connectivity index (χ2v) is 2.58. The molecule has 3 N–H and O–H groups in total. The highest BCUT2D eigenvalue weighted by molar-refractivity contribution is 5.59. The van der Waals surface area contributed by atoms with Gasteiger partial charge < -0.3 is 11.1 Å². The molecule has 0 aliphatic rings. The molecule has 0 aliphatic heterocycles. The Bertz CT molecular complexity index is 246. The molecule has 0 aliphatic carbocycles. The van der Waals surface area contributed by atoms with Gasteiger partial charge in [-0.15, -0.1) is 0 Å². The number of hydrogen-bond donors (Lipinski definition) is 2. The highest BCUT2D eigenvalue weighted by atomic mass is 19.1. The molecule has 0 spiro atoms. The van der Waals surface area contributed by atoms with E-state index in [0.717, 1.165) is 0 Å². The summed E-state index contributed by atoms with van der Waals surface area (Å²) in [5.41, 5.74) is 6.18. The number of hydrogen-bond acceptors (Lipinski definition) is 3. The van der Waals surface area contributed by atoms with Crippen LogP contribution in [0.5, 0.6) is 0 Å². The van der Waals surface area contributed by atoms with Gasteiger partial charge in [-0.2, -0.15) is 5.10 Å². The molecule has 1 aromatic heterocycles. The molecule has 1 rings (SSSR count). The number of anilines is 2. The smallest absolute Gasteiger partial charge is 0.171 e. The summed E-state index contributed by atoms with van der Waals surface area (Å²) in [6.45, 7) is 0.247. The topological polar surface area (TPSA) is 55.9 Å². The van der Waals surface area contributed by atoms with Gasteiger partial charge in [-0.1, -0.05) is 0 Å². The van der Waals surface area contributed by atoms with Gasteiger partial charge in [-0.3, -0.25) is 9.07 Å². The van der Waals surface area contributed by atoms with Crippen molar-refractivity contribution in [3.05, 3.63) is 6.20 Å². The van der Waals surface area contributed by atoms with Crippen LogP contribution in [0.2, 0.25) is 0 Å². The minimum atomic E-state index is -0.320. The van der Waals surface area contributed by atoms with E-state index in [9.17, 15) is 4.39 Å². The molecule has 0 aromatic carbocycles. The average molecular weight is 172 g/mol. The Balaban J connectivity index is 2.45. The van der Waals surface area contributed by atoms with Crippen LogP contribution in [-0.4, -0.2) is 23.0 Å². The van der Waals surface area contributed by atoms with Gasteiger partial charge in [0.1, 0.15) is 0 Å². The number of halogens is 1. The van der Waals surface area contributed by atoms with Crippen LogP contribution in [0.15, 0.2) is 6.20 Å². The number of nitrogens with two attached hydrogens (primary N) is 1. The summed E-state index contributed by atoms with van der Waals surface area (Å²) in [7, 11) is 1.79. The second-order valence-electron chi connectivity index (χ2n) is 2.58. The quantitative estimate of drug-likeness (QED) is 0.660. The minimum absolute atomic E-state index is 0.320. The molecule has 0 amide bonds. The van der Waals surface area contributed by atoms with Crippen molar-refractivity contribution < 1.29 is 4.39 Å². The lowest BCUT2D eigenvalue weighted by molar-refractivity contribution is 0.481. The van der Waals surface area contributed by atoms with E-state index in [4.69, 9.17) is 5.73 Å². The van der Waals surface area contributed by atoms with E-state index in [-0.39, 0.29) is 6.67 Å². The lowest BCUT2D eigenvalue weighted by atomic mass is 10.4. The predicted molar refractivity (Wildman–Crippen MR) is 46.7 cm³/mol. The van der Waals surface area contributed by atoms with Gasteiger partial charge in [0.25, 0.3) is 0 Å². The van der Waals surface area contributed by atoms with Crippen molar-refractivity contribution in [2.45, 2.75) is 6.42 Å². The molecule has 0 bridgehead atoms. The number of alkyl halides is 1. The van der Waals surface area contributed by atoms with Crippen molar-refractivity contribution in [3.63, 3.8) is 0 Å². The van der Waals surface area contributed by atoms with Crippen molar-refractivity contribution in [2.24, 2.45) is 7.05 Å². The summed E-state index contributed by atoms with van der Waals surface area (Å²) in [6, 6.07) is 0. The van der Waals surface area contributed by atoms with E-state index in [1.807, 2.05) is 0 Å². The normalized spacial score (nSPS) is 10.2. The minimum Gasteiger partial charge on any atom is -0.394 e. The van der Waals surface area contributed by atoms with Gasteiger partial charge in [0.15, 0.2) is 5.82 Å². The fourth-order valence-corrected chi connectivity index (χ4v) is 0.918. The van der Waals surface area contributed by atoms with E-state index in [1.165, 1.54) is 0 Å². The fraction of sp³-hybridized carbons (Fsp3) is 0.571. The number of nitrogens with zero attached hydrogens (tertiary/aromatic N) is 2. The molecule has 0 saturated carbocycles. The monoisotopic (exact) mass is 172 g/mol. The highest BCUT2D eigenvalue weighted by Crippen LogP contribution is 2.13. The maximum Gasteiger partial charge on any atom is 0.171 e. The van der Waals surface area contributed by atoms with Crippen LogP contribution < -0.4 is 11.1 Å². The summed E-state index contributed by atoms with van der Waals surface area (Å²) < 4.78 is 13.3. The average Bonchev–Trinajstić information content (AvgIpc) is 2.31. The molecule has 0 atom stereocenters. The summed E-state index contributed by atoms with van der Waals surface area (Å²) in [5.74, 6) is 0.631. The predicted octanol–water partition coefficient (Wildman–Crippen LogP) is 0.774. The van der Waals surface area contributed by atoms with Crippen molar-refractivity contribution in [1.82, 2.24) is 9.78 Å². The lowest BCUT2D eigenvalue weighted by Crippen LogP contribution is -2.04. The van der Waals surface area contributed by atoms with E-state index < -0.39 is 0 Å². The summed E-state index contributed by atoms with van der Waals surface area (Å²) >= 11 is 0. The van der Waals surface area contributed by atoms with Crippen LogP contribution in [0.25, 0.3) is 0 Å². The summed E-state index contributed by atoms with van der Waals surface area (Å²) in [6.07, 6.45) is 2.19. The van der Waals surface area contributed by atoms with Crippen molar-refractivity contribution in [3.8, 4) is 0 Å². The van der Waals surface area contributed by atoms with E-state index in [2.05, 4.69) is 10.4 Å². The first-order valence-corrected chi connectivity index (χ1v) is 3.83. The molecular weight excluding hydrogens is 159 g/mol. The van der Waals surface area contributed by atoms with Crippen LogP contribution in [-0.2, 0) is 7.05 Å². The first-order valence-electron chi connectivity index (χ1n) is 3.83. The molecule has 1 heterocycles. The SMILES string of the molecule is Cn1cc(N)c(NCCCF)n1. The third kappa shape index (κ3) is 2.11. The zero-order valence-corrected chi connectivity index (χ0v) is 7.05. The Morgan fingerprint density at radius 2 is 2.50 bits per heavy atom. The zero-order chi connectivity index (χ0) is 8.97. The third-order valence-corrected chi connectivity index (χ3v) is 1.46. The summed E-state index contributed by atoms with van der Waals surface area (Å²) in [4.78, 5) is 0. The molecule has 0 radical (unpaired) electrons. The fourth-order valence-electron chi connectivity index (χ4n) is 0.918. The molecule has 4 nitrogen and oxygen atoms in total. The van der Waals surface area contributed by atoms with E-state index in [0.29, 0.717) is 24.5 Å². The molecule has 0 saturated heterocycles. The maximum absolute atomic E-state index is 11.7. The first-order chi connectivity index (χ1) is 5.74. The Morgan fingerprint density at radius 1 is 1.75 bits per heavy atom. The number of rotatable bonds is 4. The molecule has 0 fully saturated rings. The van der Waals surface area contributed by atoms with Gasteiger partial charge in [-0.25, -0.2) is 0 Å². The van der Waals surface area contributed by atoms with E-state index in [1.54, 1.807) is 17.9 Å². The van der Waals surface area contributed by atoms with Gasteiger partial charge in [0.2, 0.25) is 0 Å². The highest BCUT2D eigenvalue weighted by Gasteiger charge is 2.01. The van der Waals surface area contributed by atoms with Crippen LogP contribution >= 0.6 is 0 Å². The number of nitrogens with one attached hydrogen (secondary N) is 1. The number of aryl methyl sites for hydroxylation is 1. The Morgan fingerprint density at radius 3 is 3.00 bits per heavy atom. The molecule has 0 unspecified atom stereocenters. The van der Waals surface area contributed by atoms with Gasteiger partial charge in [-0.05, 0) is 6.42 Å². The van der Waals surface area contributed by atoms with E-state index >= 15 is 0 Å². The first kappa shape index (κ1) is 8.83. The van der Waals surface area contributed by atoms with Crippen molar-refractivity contribution >= 4 is 11.5 Å². The van der Waals surface area contributed by atoms with Crippen LogP contribution in [0.4, 0.5) is 15.9 Å². The number of aromatic nitrogens is 2. The van der Waals surface area contributed by atoms with Gasteiger partial charge in [0, 0.05) is 19.8 Å². The Hall–Kier alpha value is -1.26. The van der Waals surface area contributed by atoms with Crippen molar-refractivity contribution in [1.29, 1.82) is 0 Å². The largest absolute Gasteiger partial charge is 0.394 e. The molecule has 1 aromatic rings. The Kier molecular flexibility index (Phi) is 2.90. The maximum atomic E-state index is 11.7. The second kappa shape index (κ2) is 3.94. The molecule has 5 heteroatoms. The standard InChI is InChI=1S/C7H13FN4/c1-12-5-6(9)7(11-12)10-4-2-3-8/h5H,2-4,9H2,1H3,(H,10,11). The number of nitrogen functional groups attached to an aromatic ring is 1. The third-order valence-electron chi connectivity index (χ3n) is 1.46. The lowest BCUT2D eigenvalue weighted by Gasteiger charge is -2.00. The summed E-state index contributed by atoms with van der Waals surface area (Å²) in [5, 5.41) is 6.98. The zero-order valence-electron chi connectivity index (χ0n) is 7.05. The van der Waals surface area contributed by atoms with Crippen LogP contribution in [0.3, 0.4) is 0 Å². The van der Waals surface area contributed by atoms with Gasteiger partial charge in [0.05, 0.1) is 12.4 Å².